The van der Waals surface area contributed by atoms with Crippen LogP contribution in [0.4, 0.5) is 5.69 Å². The van der Waals surface area contributed by atoms with Gasteiger partial charge in [-0.2, -0.15) is 0 Å². The first-order valence-corrected chi connectivity index (χ1v) is 10.2. The summed E-state index contributed by atoms with van der Waals surface area (Å²) in [5.41, 5.74) is 2.83. The maximum absolute atomic E-state index is 12.5. The van der Waals surface area contributed by atoms with Crippen molar-refractivity contribution in [2.24, 2.45) is 0 Å². The van der Waals surface area contributed by atoms with Gasteiger partial charge in [0.05, 0.1) is 0 Å². The van der Waals surface area contributed by atoms with E-state index in [1.165, 1.54) is 12.8 Å². The Morgan fingerprint density at radius 2 is 1.93 bits per heavy atom. The Bertz CT molecular complexity index is 994. The topological polar surface area (TPSA) is 69.0 Å². The first-order valence-electron chi connectivity index (χ1n) is 10.2. The lowest BCUT2D eigenvalue weighted by Gasteiger charge is -2.15. The van der Waals surface area contributed by atoms with Crippen molar-refractivity contribution >= 4 is 11.6 Å². The van der Waals surface area contributed by atoms with E-state index in [9.17, 15) is 4.79 Å². The molecule has 1 aromatic heterocycles. The molecular formula is C23H26N4O2. The van der Waals surface area contributed by atoms with Crippen LogP contribution in [0.5, 0.6) is 5.75 Å². The molecule has 6 heteroatoms. The van der Waals surface area contributed by atoms with Gasteiger partial charge in [-0.15, -0.1) is 10.2 Å². The molecule has 0 saturated carbocycles. The summed E-state index contributed by atoms with van der Waals surface area (Å²) in [4.78, 5) is 12.5. The van der Waals surface area contributed by atoms with E-state index >= 15 is 0 Å². The lowest BCUT2D eigenvalue weighted by Crippen LogP contribution is -2.30. The van der Waals surface area contributed by atoms with Crippen LogP contribution in [0.25, 0.3) is 11.4 Å². The zero-order valence-electron chi connectivity index (χ0n) is 16.9. The van der Waals surface area contributed by atoms with Crippen molar-refractivity contribution in [1.82, 2.24) is 14.8 Å². The Morgan fingerprint density at radius 3 is 2.72 bits per heavy atom. The fourth-order valence-corrected chi connectivity index (χ4v) is 3.59. The summed E-state index contributed by atoms with van der Waals surface area (Å²) in [5, 5.41) is 11.7. The Kier molecular flexibility index (Phi) is 5.60. The highest BCUT2D eigenvalue weighted by molar-refractivity contribution is 5.94. The molecule has 1 aliphatic heterocycles. The number of nitrogens with zero attached hydrogens (tertiary/aromatic N) is 3. The van der Waals surface area contributed by atoms with Crippen LogP contribution < -0.4 is 10.1 Å². The molecule has 0 saturated heterocycles. The second-order valence-corrected chi connectivity index (χ2v) is 7.55. The van der Waals surface area contributed by atoms with Gasteiger partial charge in [-0.1, -0.05) is 18.6 Å². The van der Waals surface area contributed by atoms with Crippen LogP contribution in [0.3, 0.4) is 0 Å². The van der Waals surface area contributed by atoms with Crippen LogP contribution >= 0.6 is 0 Å². The van der Waals surface area contributed by atoms with Crippen LogP contribution in [0.1, 0.15) is 37.6 Å². The fraction of sp³-hybridized carbons (Fsp3) is 0.348. The molecule has 0 fully saturated rings. The highest BCUT2D eigenvalue weighted by Gasteiger charge is 2.17. The predicted octanol–water partition coefficient (Wildman–Crippen LogP) is 4.39. The van der Waals surface area contributed by atoms with E-state index < -0.39 is 6.10 Å². The van der Waals surface area contributed by atoms with E-state index in [1.54, 1.807) is 6.92 Å². The molecule has 1 amide bonds. The molecule has 0 aliphatic carbocycles. The van der Waals surface area contributed by atoms with Gasteiger partial charge in [0.15, 0.2) is 11.9 Å². The molecule has 0 radical (unpaired) electrons. The number of aryl methyl sites for hydroxylation is 2. The highest BCUT2D eigenvalue weighted by atomic mass is 16.5. The molecule has 29 heavy (non-hydrogen) atoms. The maximum atomic E-state index is 12.5. The number of carbonyl (C=O) groups excluding carboxylic acids is 1. The zero-order chi connectivity index (χ0) is 20.2. The minimum absolute atomic E-state index is 0.185. The number of fused-ring (bicyclic) bond motifs is 1. The third kappa shape index (κ3) is 4.47. The summed E-state index contributed by atoms with van der Waals surface area (Å²) in [6.45, 7) is 4.70. The summed E-state index contributed by atoms with van der Waals surface area (Å²) >= 11 is 0. The molecule has 1 aliphatic rings. The summed E-state index contributed by atoms with van der Waals surface area (Å²) in [6, 6.07) is 15.4. The van der Waals surface area contributed by atoms with Gasteiger partial charge in [0.25, 0.3) is 5.91 Å². The van der Waals surface area contributed by atoms with E-state index in [2.05, 4.69) is 20.1 Å². The van der Waals surface area contributed by atoms with Crippen molar-refractivity contribution in [3.05, 3.63) is 59.9 Å². The average molecular weight is 390 g/mol. The van der Waals surface area contributed by atoms with Crippen molar-refractivity contribution in [1.29, 1.82) is 0 Å². The summed E-state index contributed by atoms with van der Waals surface area (Å²) < 4.78 is 7.97. The van der Waals surface area contributed by atoms with Crippen molar-refractivity contribution in [2.75, 3.05) is 5.32 Å². The lowest BCUT2D eigenvalue weighted by atomic mass is 10.2. The van der Waals surface area contributed by atoms with Gasteiger partial charge in [0.2, 0.25) is 0 Å². The van der Waals surface area contributed by atoms with E-state index in [0.29, 0.717) is 5.75 Å². The molecule has 4 rings (SSSR count). The van der Waals surface area contributed by atoms with Crippen molar-refractivity contribution in [3.8, 4) is 17.1 Å². The Morgan fingerprint density at radius 1 is 1.10 bits per heavy atom. The number of anilines is 1. The third-order valence-corrected chi connectivity index (χ3v) is 5.19. The molecule has 1 atom stereocenters. The predicted molar refractivity (Wildman–Crippen MR) is 113 cm³/mol. The molecule has 150 valence electrons. The number of benzene rings is 2. The van der Waals surface area contributed by atoms with Gasteiger partial charge in [0, 0.05) is 24.2 Å². The van der Waals surface area contributed by atoms with Gasteiger partial charge in [-0.25, -0.2) is 0 Å². The van der Waals surface area contributed by atoms with Gasteiger partial charge < -0.3 is 14.6 Å². The molecule has 6 nitrogen and oxygen atoms in total. The molecule has 1 N–H and O–H groups in total. The van der Waals surface area contributed by atoms with Crippen LogP contribution in [-0.4, -0.2) is 26.8 Å². The standard InChI is InChI=1S/C23H26N4O2/c1-16-7-6-8-20(15-16)29-17(2)23(28)24-19-12-10-18(11-13-19)22-26-25-21-9-4-3-5-14-27(21)22/h6-8,10-13,15,17H,3-5,9,14H2,1-2H3,(H,24,28)/t17-/m0/s1. The number of hydrogen-bond donors (Lipinski definition) is 1. The summed E-state index contributed by atoms with van der Waals surface area (Å²) in [7, 11) is 0. The Hall–Kier alpha value is -3.15. The third-order valence-electron chi connectivity index (χ3n) is 5.19. The first-order chi connectivity index (χ1) is 14.1. The Labute approximate surface area is 170 Å². The summed E-state index contributed by atoms with van der Waals surface area (Å²) in [5.74, 6) is 2.47. The lowest BCUT2D eigenvalue weighted by molar-refractivity contribution is -0.122. The first kappa shape index (κ1) is 19.2. The number of nitrogens with one attached hydrogen (secondary N) is 1. The second-order valence-electron chi connectivity index (χ2n) is 7.55. The van der Waals surface area contributed by atoms with E-state index in [0.717, 1.165) is 47.8 Å². The van der Waals surface area contributed by atoms with E-state index in [-0.39, 0.29) is 5.91 Å². The van der Waals surface area contributed by atoms with Crippen molar-refractivity contribution in [3.63, 3.8) is 0 Å². The number of aromatic nitrogens is 3. The number of carbonyl (C=O) groups is 1. The van der Waals surface area contributed by atoms with E-state index in [1.807, 2.05) is 55.5 Å². The molecule has 2 aromatic carbocycles. The number of rotatable bonds is 5. The molecular weight excluding hydrogens is 364 g/mol. The number of amides is 1. The molecule has 0 unspecified atom stereocenters. The maximum Gasteiger partial charge on any atom is 0.265 e. The van der Waals surface area contributed by atoms with Crippen molar-refractivity contribution in [2.45, 2.75) is 52.2 Å². The van der Waals surface area contributed by atoms with Gasteiger partial charge >= 0.3 is 0 Å². The quantitative estimate of drug-likeness (QED) is 0.702. The second kappa shape index (κ2) is 8.47. The Balaban J connectivity index is 1.42. The smallest absolute Gasteiger partial charge is 0.265 e. The van der Waals surface area contributed by atoms with Gasteiger partial charge in [0.1, 0.15) is 11.6 Å². The molecule has 2 heterocycles. The average Bonchev–Trinajstić information content (AvgIpc) is 2.96. The van der Waals surface area contributed by atoms with Crippen LogP contribution in [0.15, 0.2) is 48.5 Å². The summed E-state index contributed by atoms with van der Waals surface area (Å²) in [6.07, 6.45) is 3.96. The van der Waals surface area contributed by atoms with Crippen LogP contribution in [-0.2, 0) is 17.8 Å². The fourth-order valence-electron chi connectivity index (χ4n) is 3.59. The largest absolute Gasteiger partial charge is 0.481 e. The number of ether oxygens (including phenoxy) is 1. The van der Waals surface area contributed by atoms with Gasteiger partial charge in [-0.05, 0) is 68.7 Å². The van der Waals surface area contributed by atoms with E-state index in [4.69, 9.17) is 4.74 Å². The zero-order valence-corrected chi connectivity index (χ0v) is 16.9. The highest BCUT2D eigenvalue weighted by Crippen LogP contribution is 2.24. The van der Waals surface area contributed by atoms with Crippen LogP contribution in [0, 0.1) is 6.92 Å². The van der Waals surface area contributed by atoms with Gasteiger partial charge in [-0.3, -0.25) is 4.79 Å². The molecule has 3 aromatic rings. The monoisotopic (exact) mass is 390 g/mol. The SMILES string of the molecule is Cc1cccc(O[C@@H](C)C(=O)Nc2ccc(-c3nnc4n3CCCCC4)cc2)c1. The van der Waals surface area contributed by atoms with Crippen molar-refractivity contribution < 1.29 is 9.53 Å². The van der Waals surface area contributed by atoms with Crippen LogP contribution in [0.2, 0.25) is 0 Å². The minimum Gasteiger partial charge on any atom is -0.481 e. The molecule has 0 bridgehead atoms. The number of hydrogen-bond acceptors (Lipinski definition) is 4. The minimum atomic E-state index is -0.594. The molecule has 0 spiro atoms. The normalized spacial score (nSPS) is 14.6.